The van der Waals surface area contributed by atoms with E-state index in [9.17, 15) is 4.79 Å². The number of nitrogens with two attached hydrogens (primary N) is 1. The molecule has 1 atom stereocenters. The van der Waals surface area contributed by atoms with Crippen LogP contribution in [0.1, 0.15) is 23.1 Å². The standard InChI is InChI=1S/C19H22N2O/c1-21(19(22)12-14-6-9-17(20)10-7-14)18-11-8-15-4-2-3-5-16(15)13-18/h2-7,9-10,18H,8,11-13,20H2,1H3. The van der Waals surface area contributed by atoms with Gasteiger partial charge in [-0.25, -0.2) is 0 Å². The maximum absolute atomic E-state index is 12.5. The molecule has 1 aliphatic rings. The first kappa shape index (κ1) is 14.6. The van der Waals surface area contributed by atoms with Crippen molar-refractivity contribution in [1.29, 1.82) is 0 Å². The molecule has 22 heavy (non-hydrogen) atoms. The van der Waals surface area contributed by atoms with Gasteiger partial charge in [0.2, 0.25) is 5.91 Å². The number of nitrogens with zero attached hydrogens (tertiary/aromatic N) is 1. The van der Waals surface area contributed by atoms with Gasteiger partial charge in [-0.2, -0.15) is 0 Å². The van der Waals surface area contributed by atoms with Crippen molar-refractivity contribution in [2.24, 2.45) is 0 Å². The summed E-state index contributed by atoms with van der Waals surface area (Å²) in [6, 6.07) is 16.4. The van der Waals surface area contributed by atoms with Gasteiger partial charge in [0.25, 0.3) is 0 Å². The normalized spacial score (nSPS) is 16.9. The van der Waals surface area contributed by atoms with Crippen molar-refractivity contribution in [2.75, 3.05) is 12.8 Å². The number of amides is 1. The molecular weight excluding hydrogens is 272 g/mol. The minimum Gasteiger partial charge on any atom is -0.399 e. The number of aryl methyl sites for hydroxylation is 1. The van der Waals surface area contributed by atoms with E-state index < -0.39 is 0 Å². The molecule has 0 radical (unpaired) electrons. The van der Waals surface area contributed by atoms with Crippen molar-refractivity contribution in [3.8, 4) is 0 Å². The van der Waals surface area contributed by atoms with E-state index in [-0.39, 0.29) is 5.91 Å². The maximum Gasteiger partial charge on any atom is 0.226 e. The lowest BCUT2D eigenvalue weighted by molar-refractivity contribution is -0.131. The van der Waals surface area contributed by atoms with Crippen LogP contribution in [-0.4, -0.2) is 23.9 Å². The van der Waals surface area contributed by atoms with Crippen LogP contribution < -0.4 is 5.73 Å². The van der Waals surface area contributed by atoms with Crippen molar-refractivity contribution in [3.63, 3.8) is 0 Å². The molecule has 0 spiro atoms. The highest BCUT2D eigenvalue weighted by Crippen LogP contribution is 2.24. The average Bonchev–Trinajstić information content (AvgIpc) is 2.55. The zero-order valence-electron chi connectivity index (χ0n) is 13.0. The molecule has 2 aromatic rings. The molecule has 3 nitrogen and oxygen atoms in total. The molecule has 0 aliphatic heterocycles. The van der Waals surface area contributed by atoms with Gasteiger partial charge in [-0.3, -0.25) is 4.79 Å². The summed E-state index contributed by atoms with van der Waals surface area (Å²) >= 11 is 0. The van der Waals surface area contributed by atoms with E-state index in [0.717, 1.165) is 30.5 Å². The van der Waals surface area contributed by atoms with Gasteiger partial charge in [-0.1, -0.05) is 36.4 Å². The van der Waals surface area contributed by atoms with Gasteiger partial charge in [-0.05, 0) is 48.1 Å². The largest absolute Gasteiger partial charge is 0.399 e. The van der Waals surface area contributed by atoms with E-state index in [1.807, 2.05) is 36.2 Å². The van der Waals surface area contributed by atoms with Crippen LogP contribution >= 0.6 is 0 Å². The molecule has 3 rings (SSSR count). The zero-order chi connectivity index (χ0) is 15.5. The average molecular weight is 294 g/mol. The van der Waals surface area contributed by atoms with Gasteiger partial charge in [0.1, 0.15) is 0 Å². The quantitative estimate of drug-likeness (QED) is 0.885. The predicted octanol–water partition coefficient (Wildman–Crippen LogP) is 2.83. The van der Waals surface area contributed by atoms with E-state index in [4.69, 9.17) is 5.73 Å². The summed E-state index contributed by atoms with van der Waals surface area (Å²) in [4.78, 5) is 14.4. The molecule has 0 fully saturated rings. The second-order valence-electron chi connectivity index (χ2n) is 6.09. The monoisotopic (exact) mass is 294 g/mol. The Balaban J connectivity index is 1.65. The third-order valence-corrected chi connectivity index (χ3v) is 4.60. The van der Waals surface area contributed by atoms with Crippen molar-refractivity contribution in [1.82, 2.24) is 4.90 Å². The second-order valence-corrected chi connectivity index (χ2v) is 6.09. The first-order valence-corrected chi connectivity index (χ1v) is 7.80. The summed E-state index contributed by atoms with van der Waals surface area (Å²) in [5.41, 5.74) is 10.2. The van der Waals surface area contributed by atoms with Gasteiger partial charge in [0.05, 0.1) is 6.42 Å². The minimum absolute atomic E-state index is 0.175. The molecule has 0 saturated heterocycles. The van der Waals surface area contributed by atoms with E-state index in [1.165, 1.54) is 11.1 Å². The number of carbonyl (C=O) groups is 1. The lowest BCUT2D eigenvalue weighted by atomic mass is 9.87. The number of likely N-dealkylation sites (N-methyl/N-ethyl adjacent to an activating group) is 1. The Morgan fingerprint density at radius 2 is 1.82 bits per heavy atom. The molecule has 0 saturated carbocycles. The molecule has 1 amide bonds. The van der Waals surface area contributed by atoms with Crippen molar-refractivity contribution < 1.29 is 4.79 Å². The Morgan fingerprint density at radius 1 is 1.14 bits per heavy atom. The number of carbonyl (C=O) groups excluding carboxylic acids is 1. The lowest BCUT2D eigenvalue weighted by Crippen LogP contribution is -2.41. The van der Waals surface area contributed by atoms with E-state index in [2.05, 4.69) is 24.3 Å². The van der Waals surface area contributed by atoms with Crippen molar-refractivity contribution >= 4 is 11.6 Å². The summed E-state index contributed by atoms with van der Waals surface area (Å²) in [6.07, 6.45) is 3.50. The van der Waals surface area contributed by atoms with Gasteiger partial charge >= 0.3 is 0 Å². The van der Waals surface area contributed by atoms with Gasteiger partial charge in [0, 0.05) is 18.8 Å². The number of hydrogen-bond acceptors (Lipinski definition) is 2. The van der Waals surface area contributed by atoms with E-state index in [1.54, 1.807) is 0 Å². The summed E-state index contributed by atoms with van der Waals surface area (Å²) in [7, 11) is 1.93. The molecule has 0 bridgehead atoms. The number of hydrogen-bond donors (Lipinski definition) is 1. The maximum atomic E-state index is 12.5. The Bertz CT molecular complexity index is 663. The van der Waals surface area contributed by atoms with Crippen LogP contribution in [0.3, 0.4) is 0 Å². The number of benzene rings is 2. The molecule has 1 aliphatic carbocycles. The summed E-state index contributed by atoms with van der Waals surface area (Å²) in [5, 5.41) is 0. The Labute approximate surface area is 131 Å². The Morgan fingerprint density at radius 3 is 2.55 bits per heavy atom. The summed E-state index contributed by atoms with van der Waals surface area (Å²) in [5.74, 6) is 0.175. The van der Waals surface area contributed by atoms with Crippen LogP contribution in [0.25, 0.3) is 0 Å². The van der Waals surface area contributed by atoms with Gasteiger partial charge < -0.3 is 10.6 Å². The third-order valence-electron chi connectivity index (χ3n) is 4.60. The first-order valence-electron chi connectivity index (χ1n) is 7.80. The van der Waals surface area contributed by atoms with Crippen molar-refractivity contribution in [3.05, 3.63) is 65.2 Å². The van der Waals surface area contributed by atoms with Crippen LogP contribution in [0.4, 0.5) is 5.69 Å². The van der Waals surface area contributed by atoms with E-state index >= 15 is 0 Å². The highest BCUT2D eigenvalue weighted by atomic mass is 16.2. The van der Waals surface area contributed by atoms with Gasteiger partial charge in [-0.15, -0.1) is 0 Å². The molecule has 0 aromatic heterocycles. The number of fused-ring (bicyclic) bond motifs is 1. The van der Waals surface area contributed by atoms with Crippen LogP contribution in [0.15, 0.2) is 48.5 Å². The highest BCUT2D eigenvalue weighted by molar-refractivity contribution is 5.79. The van der Waals surface area contributed by atoms with Crippen LogP contribution in [0.5, 0.6) is 0 Å². The Kier molecular flexibility index (Phi) is 4.14. The molecule has 2 N–H and O–H groups in total. The molecule has 1 unspecified atom stereocenters. The van der Waals surface area contributed by atoms with E-state index in [0.29, 0.717) is 12.5 Å². The lowest BCUT2D eigenvalue weighted by Gasteiger charge is -2.32. The molecule has 3 heteroatoms. The summed E-state index contributed by atoms with van der Waals surface area (Å²) < 4.78 is 0. The van der Waals surface area contributed by atoms with Crippen LogP contribution in [-0.2, 0) is 24.1 Å². The first-order chi connectivity index (χ1) is 10.6. The number of anilines is 1. The predicted molar refractivity (Wildman–Crippen MR) is 89.6 cm³/mol. The fourth-order valence-electron chi connectivity index (χ4n) is 3.15. The second kappa shape index (κ2) is 6.22. The molecule has 2 aromatic carbocycles. The zero-order valence-corrected chi connectivity index (χ0v) is 13.0. The minimum atomic E-state index is 0.175. The highest BCUT2D eigenvalue weighted by Gasteiger charge is 2.24. The molecule has 114 valence electrons. The summed E-state index contributed by atoms with van der Waals surface area (Å²) in [6.45, 7) is 0. The molecule has 0 heterocycles. The fraction of sp³-hybridized carbons (Fsp3) is 0.316. The Hall–Kier alpha value is -2.29. The third kappa shape index (κ3) is 3.14. The SMILES string of the molecule is CN(C(=O)Cc1ccc(N)cc1)C1CCc2ccccc2C1. The van der Waals surface area contributed by atoms with Crippen LogP contribution in [0.2, 0.25) is 0 Å². The molecular formula is C19H22N2O. The number of rotatable bonds is 3. The smallest absolute Gasteiger partial charge is 0.226 e. The fourth-order valence-corrected chi connectivity index (χ4v) is 3.15. The number of nitrogen functional groups attached to an aromatic ring is 1. The van der Waals surface area contributed by atoms with Gasteiger partial charge in [0.15, 0.2) is 0 Å². The van der Waals surface area contributed by atoms with Crippen molar-refractivity contribution in [2.45, 2.75) is 31.7 Å². The van der Waals surface area contributed by atoms with Crippen LogP contribution in [0, 0.1) is 0 Å². The topological polar surface area (TPSA) is 46.3 Å².